The minimum atomic E-state index is -1.53. The van der Waals surface area contributed by atoms with E-state index in [0.717, 1.165) is 0 Å². The van der Waals surface area contributed by atoms with Crippen molar-refractivity contribution in [3.8, 4) is 0 Å². The maximum absolute atomic E-state index is 13.5. The largest absolute Gasteiger partial charge is 0.394 e. The fourth-order valence-electron chi connectivity index (χ4n) is 1.62. The molecule has 0 atom stereocenters. The Morgan fingerprint density at radius 3 is 2.11 bits per heavy atom. The van der Waals surface area contributed by atoms with Crippen LogP contribution in [0.2, 0.25) is 0 Å². The highest BCUT2D eigenvalue weighted by Gasteiger charge is 2.21. The van der Waals surface area contributed by atoms with Gasteiger partial charge in [0.2, 0.25) is 0 Å². The van der Waals surface area contributed by atoms with Crippen molar-refractivity contribution in [2.45, 2.75) is 6.92 Å². The third-order valence-corrected chi connectivity index (χ3v) is 2.62. The minimum Gasteiger partial charge on any atom is -0.394 e. The monoisotopic (exact) mass is 274 g/mol. The van der Waals surface area contributed by atoms with E-state index in [0.29, 0.717) is 5.69 Å². The number of rotatable bonds is 2. The van der Waals surface area contributed by atoms with Crippen LogP contribution in [0.25, 0.3) is 0 Å². The summed E-state index contributed by atoms with van der Waals surface area (Å²) in [7, 11) is 1.47. The van der Waals surface area contributed by atoms with Gasteiger partial charge in [0, 0.05) is 13.1 Å². The summed E-state index contributed by atoms with van der Waals surface area (Å²) in [6, 6.07) is 0.133. The van der Waals surface area contributed by atoms with E-state index in [9.17, 15) is 17.6 Å². The topological polar surface area (TPSA) is 55.9 Å². The number of nitrogens with one attached hydrogen (secondary N) is 1. The molecular formula is C11H10F4N4. The molecular weight excluding hydrogens is 264 g/mol. The molecule has 102 valence electrons. The summed E-state index contributed by atoms with van der Waals surface area (Å²) in [4.78, 5) is 0. The van der Waals surface area contributed by atoms with Crippen LogP contribution in [0.15, 0.2) is 6.07 Å². The van der Waals surface area contributed by atoms with Gasteiger partial charge in [0.15, 0.2) is 29.1 Å². The molecule has 19 heavy (non-hydrogen) atoms. The van der Waals surface area contributed by atoms with Crippen LogP contribution in [0.1, 0.15) is 5.69 Å². The van der Waals surface area contributed by atoms with Crippen molar-refractivity contribution in [3.63, 3.8) is 0 Å². The van der Waals surface area contributed by atoms with Gasteiger partial charge in [-0.25, -0.2) is 17.6 Å². The predicted octanol–water partition coefficient (Wildman–Crippen LogP) is 2.61. The maximum atomic E-state index is 13.5. The van der Waals surface area contributed by atoms with E-state index < -0.39 is 29.0 Å². The minimum absolute atomic E-state index is 0.0419. The third kappa shape index (κ3) is 2.09. The van der Waals surface area contributed by atoms with E-state index in [1.165, 1.54) is 11.7 Å². The van der Waals surface area contributed by atoms with Crippen LogP contribution >= 0.6 is 0 Å². The average Bonchev–Trinajstić information content (AvgIpc) is 2.58. The molecule has 1 aromatic carbocycles. The number of hydrogen-bond acceptors (Lipinski definition) is 3. The summed E-state index contributed by atoms with van der Waals surface area (Å²) in [5.41, 5.74) is 5.25. The van der Waals surface area contributed by atoms with E-state index in [1.807, 2.05) is 0 Å². The Balaban J connectivity index is 2.55. The molecule has 0 saturated carbocycles. The number of nitrogens with two attached hydrogens (primary N) is 1. The van der Waals surface area contributed by atoms with Crippen LogP contribution < -0.4 is 11.1 Å². The molecule has 0 saturated heterocycles. The number of hydrogen-bond donors (Lipinski definition) is 2. The zero-order valence-corrected chi connectivity index (χ0v) is 10.1. The Kier molecular flexibility index (Phi) is 3.09. The lowest BCUT2D eigenvalue weighted by atomic mass is 10.2. The molecule has 4 nitrogen and oxygen atoms in total. The van der Waals surface area contributed by atoms with Gasteiger partial charge in [0.1, 0.15) is 5.69 Å². The van der Waals surface area contributed by atoms with Gasteiger partial charge < -0.3 is 11.1 Å². The Morgan fingerprint density at radius 1 is 1.16 bits per heavy atom. The smallest absolute Gasteiger partial charge is 0.185 e. The first-order chi connectivity index (χ1) is 8.82. The molecule has 0 amide bonds. The quantitative estimate of drug-likeness (QED) is 0.653. The van der Waals surface area contributed by atoms with Crippen molar-refractivity contribution in [2.24, 2.45) is 7.05 Å². The van der Waals surface area contributed by atoms with Crippen LogP contribution in [-0.4, -0.2) is 9.78 Å². The van der Waals surface area contributed by atoms with Crippen LogP contribution in [-0.2, 0) is 7.05 Å². The lowest BCUT2D eigenvalue weighted by Crippen LogP contribution is -2.07. The number of benzene rings is 1. The summed E-state index contributed by atoms with van der Waals surface area (Å²) in [6.45, 7) is 1.58. The van der Waals surface area contributed by atoms with Crippen molar-refractivity contribution in [1.82, 2.24) is 9.78 Å². The Hall–Kier alpha value is -2.25. The van der Waals surface area contributed by atoms with Crippen LogP contribution in [0.3, 0.4) is 0 Å². The highest BCUT2D eigenvalue weighted by Crippen LogP contribution is 2.30. The Morgan fingerprint density at radius 2 is 1.68 bits per heavy atom. The molecule has 1 aromatic heterocycles. The molecule has 2 rings (SSSR count). The molecule has 0 bridgehead atoms. The first-order valence-corrected chi connectivity index (χ1v) is 5.22. The molecule has 2 aromatic rings. The second kappa shape index (κ2) is 4.45. The van der Waals surface area contributed by atoms with Crippen LogP contribution in [0.5, 0.6) is 0 Å². The van der Waals surface area contributed by atoms with Crippen molar-refractivity contribution in [1.29, 1.82) is 0 Å². The highest BCUT2D eigenvalue weighted by molar-refractivity contribution is 5.71. The van der Waals surface area contributed by atoms with Gasteiger partial charge >= 0.3 is 0 Å². The zero-order chi connectivity index (χ0) is 14.3. The Bertz CT molecular complexity index is 625. The summed E-state index contributed by atoms with van der Waals surface area (Å²) in [6.07, 6.45) is 0. The van der Waals surface area contributed by atoms with Crippen molar-refractivity contribution < 1.29 is 17.6 Å². The first kappa shape index (κ1) is 13.2. The lowest BCUT2D eigenvalue weighted by Gasteiger charge is -2.10. The zero-order valence-electron chi connectivity index (χ0n) is 10.1. The number of aromatic nitrogens is 2. The van der Waals surface area contributed by atoms with Crippen molar-refractivity contribution in [2.75, 3.05) is 11.1 Å². The molecule has 1 heterocycles. The second-order valence-corrected chi connectivity index (χ2v) is 3.94. The van der Waals surface area contributed by atoms with Crippen LogP contribution in [0.4, 0.5) is 34.8 Å². The highest BCUT2D eigenvalue weighted by atomic mass is 19.2. The summed E-state index contributed by atoms with van der Waals surface area (Å²) < 4.78 is 54.3. The maximum Gasteiger partial charge on any atom is 0.185 e. The molecule has 0 radical (unpaired) electrons. The number of nitrogen functional groups attached to an aromatic ring is 1. The number of aryl methyl sites for hydroxylation is 2. The molecule has 0 aliphatic rings. The van der Waals surface area contributed by atoms with Gasteiger partial charge in [0.05, 0.1) is 11.4 Å². The number of halogens is 4. The van der Waals surface area contributed by atoms with Gasteiger partial charge in [-0.15, -0.1) is 0 Å². The van der Waals surface area contributed by atoms with Crippen molar-refractivity contribution in [3.05, 3.63) is 35.0 Å². The lowest BCUT2D eigenvalue weighted by molar-refractivity contribution is 0.459. The van der Waals surface area contributed by atoms with E-state index in [2.05, 4.69) is 10.4 Å². The van der Waals surface area contributed by atoms with Gasteiger partial charge in [-0.1, -0.05) is 0 Å². The molecule has 3 N–H and O–H groups in total. The fourth-order valence-corrected chi connectivity index (χ4v) is 1.62. The normalized spacial score (nSPS) is 10.8. The standard InChI is InChI=1S/C11H10F4N4/c1-4-9(16)11(19(2)18-4)17-10-7(14)5(12)3-6(13)8(10)15/h3,17H,16H2,1-2H3. The van der Waals surface area contributed by atoms with E-state index in [1.54, 1.807) is 6.92 Å². The SMILES string of the molecule is Cc1nn(C)c(Nc2c(F)c(F)cc(F)c2F)c1N. The molecule has 0 fully saturated rings. The fraction of sp³-hybridized carbons (Fsp3) is 0.182. The average molecular weight is 274 g/mol. The van der Waals surface area contributed by atoms with E-state index >= 15 is 0 Å². The Labute approximate surface area is 105 Å². The third-order valence-electron chi connectivity index (χ3n) is 2.62. The first-order valence-electron chi connectivity index (χ1n) is 5.22. The number of anilines is 3. The number of nitrogens with zero attached hydrogens (tertiary/aromatic N) is 2. The van der Waals surface area contributed by atoms with Gasteiger partial charge in [-0.2, -0.15) is 5.10 Å². The molecule has 0 aliphatic carbocycles. The van der Waals surface area contributed by atoms with Gasteiger partial charge in [0.25, 0.3) is 0 Å². The van der Waals surface area contributed by atoms with E-state index in [4.69, 9.17) is 5.73 Å². The summed E-state index contributed by atoms with van der Waals surface area (Å²) in [5, 5.41) is 6.13. The van der Waals surface area contributed by atoms with Gasteiger partial charge in [-0.3, -0.25) is 4.68 Å². The molecule has 0 aliphatic heterocycles. The van der Waals surface area contributed by atoms with E-state index in [-0.39, 0.29) is 17.6 Å². The second-order valence-electron chi connectivity index (χ2n) is 3.94. The van der Waals surface area contributed by atoms with Gasteiger partial charge in [-0.05, 0) is 6.92 Å². The summed E-state index contributed by atoms with van der Waals surface area (Å²) >= 11 is 0. The van der Waals surface area contributed by atoms with Crippen molar-refractivity contribution >= 4 is 17.2 Å². The molecule has 0 spiro atoms. The summed E-state index contributed by atoms with van der Waals surface area (Å²) in [5.74, 6) is -6.02. The molecule has 8 heteroatoms. The molecule has 0 unspecified atom stereocenters. The predicted molar refractivity (Wildman–Crippen MR) is 61.9 cm³/mol. The van der Waals surface area contributed by atoms with Crippen LogP contribution in [0, 0.1) is 30.2 Å².